The summed E-state index contributed by atoms with van der Waals surface area (Å²) < 4.78 is 0. The van der Waals surface area contributed by atoms with Gasteiger partial charge in [0.1, 0.15) is 5.54 Å². The lowest BCUT2D eigenvalue weighted by Gasteiger charge is -2.38. The van der Waals surface area contributed by atoms with Crippen molar-refractivity contribution in [1.82, 2.24) is 20.5 Å². The maximum atomic E-state index is 13.4. The molecule has 3 heterocycles. The molecule has 2 saturated heterocycles. The van der Waals surface area contributed by atoms with Gasteiger partial charge in [0.15, 0.2) is 0 Å². The normalized spacial score (nSPS) is 24.8. The lowest BCUT2D eigenvalue weighted by atomic mass is 9.74. The number of urea groups is 1. The van der Waals surface area contributed by atoms with Crippen LogP contribution in [0.3, 0.4) is 0 Å². The lowest BCUT2D eigenvalue weighted by Crippen LogP contribution is -2.55. The molecule has 0 aromatic carbocycles. The minimum Gasteiger partial charge on any atom is -0.323 e. The van der Waals surface area contributed by atoms with Crippen molar-refractivity contribution in [1.29, 1.82) is 0 Å². The van der Waals surface area contributed by atoms with Crippen LogP contribution in [-0.2, 0) is 11.3 Å². The zero-order valence-corrected chi connectivity index (χ0v) is 15.1. The van der Waals surface area contributed by atoms with E-state index in [9.17, 15) is 9.59 Å². The second kappa shape index (κ2) is 7.52. The van der Waals surface area contributed by atoms with E-state index in [-0.39, 0.29) is 24.4 Å². The number of hydrogen-bond donors (Lipinski definition) is 2. The molecule has 1 aromatic rings. The average Bonchev–Trinajstić information content (AvgIpc) is 2.87. The number of piperidine rings is 1. The number of rotatable bonds is 6. The fraction of sp³-hybridized carbons (Fsp3) is 0.632. The Kier molecular flexibility index (Phi) is 5.37. The van der Waals surface area contributed by atoms with Gasteiger partial charge in [-0.2, -0.15) is 0 Å². The van der Waals surface area contributed by atoms with Crippen LogP contribution in [0.5, 0.6) is 0 Å². The van der Waals surface area contributed by atoms with Crippen molar-refractivity contribution in [2.45, 2.75) is 51.6 Å². The van der Waals surface area contributed by atoms with E-state index >= 15 is 0 Å². The van der Waals surface area contributed by atoms with Crippen LogP contribution in [0.2, 0.25) is 0 Å². The molecule has 6 nitrogen and oxygen atoms in total. The summed E-state index contributed by atoms with van der Waals surface area (Å²) >= 11 is 0. The number of hydrogen-bond acceptors (Lipinski definition) is 4. The number of aromatic nitrogens is 1. The van der Waals surface area contributed by atoms with Crippen LogP contribution in [0.1, 0.15) is 45.1 Å². The van der Waals surface area contributed by atoms with Crippen LogP contribution >= 0.6 is 0 Å². The first kappa shape index (κ1) is 17.9. The van der Waals surface area contributed by atoms with Gasteiger partial charge in [-0.15, -0.1) is 0 Å². The number of nitrogens with one attached hydrogen (secondary N) is 2. The molecule has 2 aliphatic rings. The zero-order valence-electron chi connectivity index (χ0n) is 15.1. The summed E-state index contributed by atoms with van der Waals surface area (Å²) in [6, 6.07) is 3.45. The van der Waals surface area contributed by atoms with Gasteiger partial charge < -0.3 is 10.6 Å². The number of carbonyl (C=O) groups excluding carboxylic acids is 2. The van der Waals surface area contributed by atoms with Crippen molar-refractivity contribution in [2.75, 3.05) is 13.1 Å². The van der Waals surface area contributed by atoms with Crippen molar-refractivity contribution in [3.63, 3.8) is 0 Å². The maximum absolute atomic E-state index is 13.4. The molecule has 2 fully saturated rings. The molecule has 2 N–H and O–H groups in total. The topological polar surface area (TPSA) is 74.3 Å². The Morgan fingerprint density at radius 2 is 2.08 bits per heavy atom. The average molecular weight is 344 g/mol. The third-order valence-corrected chi connectivity index (χ3v) is 5.42. The molecule has 0 aliphatic carbocycles. The lowest BCUT2D eigenvalue weighted by molar-refractivity contribution is -0.134. The van der Waals surface area contributed by atoms with Gasteiger partial charge >= 0.3 is 6.03 Å². The van der Waals surface area contributed by atoms with E-state index < -0.39 is 5.54 Å². The molecule has 136 valence electrons. The van der Waals surface area contributed by atoms with Gasteiger partial charge in [0.05, 0.1) is 6.54 Å². The highest BCUT2D eigenvalue weighted by Gasteiger charge is 2.55. The first-order chi connectivity index (χ1) is 12.0. The minimum absolute atomic E-state index is 0.0612. The molecule has 1 atom stereocenters. The number of imide groups is 1. The predicted octanol–water partition coefficient (Wildman–Crippen LogP) is 2.31. The molecule has 0 radical (unpaired) electrons. The van der Waals surface area contributed by atoms with Gasteiger partial charge in [-0.3, -0.25) is 14.7 Å². The summed E-state index contributed by atoms with van der Waals surface area (Å²) in [7, 11) is 0. The molecule has 0 bridgehead atoms. The van der Waals surface area contributed by atoms with Crippen molar-refractivity contribution in [2.24, 2.45) is 11.8 Å². The van der Waals surface area contributed by atoms with E-state index in [0.29, 0.717) is 12.3 Å². The molecule has 1 aromatic heterocycles. The van der Waals surface area contributed by atoms with Crippen LogP contribution in [0, 0.1) is 11.8 Å². The summed E-state index contributed by atoms with van der Waals surface area (Å²) in [5.41, 5.74) is 0.127. The summed E-state index contributed by atoms with van der Waals surface area (Å²) in [5, 5.41) is 6.45. The Balaban J connectivity index is 1.84. The standard InChI is InChI=1S/C19H28N4O2/c1-14(2)5-8-19(16-6-10-20-11-7-16)17(24)23(18(25)22-19)13-15-4-3-9-21-12-15/h3-4,9,12,14,16,20H,5-8,10-11,13H2,1-2H3,(H,22,25). The van der Waals surface area contributed by atoms with Gasteiger partial charge in [0.2, 0.25) is 0 Å². The van der Waals surface area contributed by atoms with E-state index in [2.05, 4.69) is 29.5 Å². The van der Waals surface area contributed by atoms with Gasteiger partial charge in [-0.05, 0) is 62.2 Å². The van der Waals surface area contributed by atoms with Crippen molar-refractivity contribution >= 4 is 11.9 Å². The Hall–Kier alpha value is -1.95. The SMILES string of the molecule is CC(C)CCC1(C2CCNCC2)NC(=O)N(Cc2cccnc2)C1=O. The van der Waals surface area contributed by atoms with E-state index in [1.54, 1.807) is 12.4 Å². The highest BCUT2D eigenvalue weighted by atomic mass is 16.2. The van der Waals surface area contributed by atoms with Gasteiger partial charge in [-0.1, -0.05) is 19.9 Å². The summed E-state index contributed by atoms with van der Waals surface area (Å²) in [6.45, 7) is 6.40. The molecule has 0 spiro atoms. The van der Waals surface area contributed by atoms with Crippen LogP contribution in [0.4, 0.5) is 4.79 Å². The smallest absolute Gasteiger partial charge is 0.323 e. The zero-order chi connectivity index (χ0) is 17.9. The van der Waals surface area contributed by atoms with Crippen LogP contribution < -0.4 is 10.6 Å². The van der Waals surface area contributed by atoms with Gasteiger partial charge in [0.25, 0.3) is 5.91 Å². The Morgan fingerprint density at radius 3 is 2.72 bits per heavy atom. The molecule has 3 rings (SSSR count). The third-order valence-electron chi connectivity index (χ3n) is 5.42. The largest absolute Gasteiger partial charge is 0.325 e. The maximum Gasteiger partial charge on any atom is 0.325 e. The first-order valence-electron chi connectivity index (χ1n) is 9.26. The summed E-state index contributed by atoms with van der Waals surface area (Å²) in [6.07, 6.45) is 6.88. The molecule has 2 aliphatic heterocycles. The van der Waals surface area contributed by atoms with E-state index in [1.165, 1.54) is 4.90 Å². The number of nitrogens with zero attached hydrogens (tertiary/aromatic N) is 2. The molecule has 25 heavy (non-hydrogen) atoms. The van der Waals surface area contributed by atoms with Crippen molar-refractivity contribution < 1.29 is 9.59 Å². The second-order valence-corrected chi connectivity index (χ2v) is 7.61. The predicted molar refractivity (Wildman–Crippen MR) is 95.7 cm³/mol. The molecular formula is C19H28N4O2. The Morgan fingerprint density at radius 1 is 1.32 bits per heavy atom. The second-order valence-electron chi connectivity index (χ2n) is 7.61. The molecular weight excluding hydrogens is 316 g/mol. The Bertz CT molecular complexity index is 613. The van der Waals surface area contributed by atoms with Crippen molar-refractivity contribution in [3.8, 4) is 0 Å². The fourth-order valence-corrected chi connectivity index (χ4v) is 3.94. The van der Waals surface area contributed by atoms with Crippen LogP contribution in [0.15, 0.2) is 24.5 Å². The highest BCUT2D eigenvalue weighted by molar-refractivity contribution is 6.07. The first-order valence-corrected chi connectivity index (χ1v) is 9.26. The summed E-state index contributed by atoms with van der Waals surface area (Å²) in [5.74, 6) is 0.632. The van der Waals surface area contributed by atoms with Crippen LogP contribution in [0.25, 0.3) is 0 Å². The van der Waals surface area contributed by atoms with Gasteiger partial charge in [-0.25, -0.2) is 4.79 Å². The van der Waals surface area contributed by atoms with E-state index in [4.69, 9.17) is 0 Å². The molecule has 1 unspecified atom stereocenters. The molecule has 6 heteroatoms. The fourth-order valence-electron chi connectivity index (χ4n) is 3.94. The molecule has 3 amide bonds. The molecule has 0 saturated carbocycles. The number of pyridine rings is 1. The highest BCUT2D eigenvalue weighted by Crippen LogP contribution is 2.37. The minimum atomic E-state index is -0.744. The van der Waals surface area contributed by atoms with Crippen LogP contribution in [-0.4, -0.2) is 40.5 Å². The Labute approximate surface area is 149 Å². The van der Waals surface area contributed by atoms with E-state index in [1.807, 2.05) is 12.1 Å². The number of amides is 3. The monoisotopic (exact) mass is 344 g/mol. The number of carbonyl (C=O) groups is 2. The summed E-state index contributed by atoms with van der Waals surface area (Å²) in [4.78, 5) is 31.5. The van der Waals surface area contributed by atoms with E-state index in [0.717, 1.165) is 37.9 Å². The quantitative estimate of drug-likeness (QED) is 0.777. The van der Waals surface area contributed by atoms with Crippen molar-refractivity contribution in [3.05, 3.63) is 30.1 Å². The van der Waals surface area contributed by atoms with Gasteiger partial charge in [0, 0.05) is 12.4 Å². The third kappa shape index (κ3) is 3.68.